The number of hydrogen-bond donors (Lipinski definition) is 2. The summed E-state index contributed by atoms with van der Waals surface area (Å²) in [5.74, 6) is 1.95. The van der Waals surface area contributed by atoms with Crippen LogP contribution in [-0.2, 0) is 0 Å². The third-order valence-electron chi connectivity index (χ3n) is 4.34. The number of ether oxygens (including phenoxy) is 3. The average molecular weight is 393 g/mol. The van der Waals surface area contributed by atoms with E-state index in [0.717, 1.165) is 11.3 Å². The second-order valence-electron chi connectivity index (χ2n) is 6.21. The predicted molar refractivity (Wildman–Crippen MR) is 113 cm³/mol. The van der Waals surface area contributed by atoms with Gasteiger partial charge in [0.2, 0.25) is 0 Å². The van der Waals surface area contributed by atoms with Gasteiger partial charge in [-0.3, -0.25) is 4.98 Å². The minimum absolute atomic E-state index is 0.359. The summed E-state index contributed by atoms with van der Waals surface area (Å²) in [6, 6.07) is 16.0. The third kappa shape index (κ3) is 4.76. The molecule has 0 unspecified atom stereocenters. The van der Waals surface area contributed by atoms with Crippen molar-refractivity contribution in [2.24, 2.45) is 0 Å². The van der Waals surface area contributed by atoms with Crippen LogP contribution in [0.25, 0.3) is 11.3 Å². The zero-order valence-corrected chi connectivity index (χ0v) is 16.8. The Balaban J connectivity index is 1.74. The monoisotopic (exact) mass is 393 g/mol. The predicted octanol–water partition coefficient (Wildman–Crippen LogP) is 4.73. The Morgan fingerprint density at radius 2 is 1.66 bits per heavy atom. The summed E-state index contributed by atoms with van der Waals surface area (Å²) in [6.07, 6.45) is 0. The second-order valence-corrected chi connectivity index (χ2v) is 6.21. The van der Waals surface area contributed by atoms with Crippen molar-refractivity contribution in [2.75, 3.05) is 32.0 Å². The lowest BCUT2D eigenvalue weighted by atomic mass is 10.1. The van der Waals surface area contributed by atoms with E-state index in [0.29, 0.717) is 34.3 Å². The fourth-order valence-corrected chi connectivity index (χ4v) is 2.83. The highest BCUT2D eigenvalue weighted by Gasteiger charge is 2.11. The molecule has 1 aromatic heterocycles. The van der Waals surface area contributed by atoms with Crippen molar-refractivity contribution in [3.63, 3.8) is 0 Å². The maximum Gasteiger partial charge on any atom is 0.323 e. The van der Waals surface area contributed by atoms with Gasteiger partial charge in [-0.2, -0.15) is 0 Å². The van der Waals surface area contributed by atoms with Crippen LogP contribution in [0.15, 0.2) is 54.6 Å². The molecule has 7 heteroatoms. The molecule has 0 saturated heterocycles. The van der Waals surface area contributed by atoms with Gasteiger partial charge < -0.3 is 24.8 Å². The van der Waals surface area contributed by atoms with Crippen molar-refractivity contribution in [1.29, 1.82) is 0 Å². The molecule has 2 amide bonds. The molecule has 150 valence electrons. The fourth-order valence-electron chi connectivity index (χ4n) is 2.83. The van der Waals surface area contributed by atoms with Gasteiger partial charge in [-0.15, -0.1) is 0 Å². The Labute approximate surface area is 169 Å². The molecule has 0 radical (unpaired) electrons. The first-order valence-electron chi connectivity index (χ1n) is 8.96. The van der Waals surface area contributed by atoms with Crippen LogP contribution in [0.2, 0.25) is 0 Å². The van der Waals surface area contributed by atoms with Crippen molar-refractivity contribution in [1.82, 2.24) is 4.98 Å². The van der Waals surface area contributed by atoms with Crippen LogP contribution in [-0.4, -0.2) is 32.3 Å². The van der Waals surface area contributed by atoms with Gasteiger partial charge in [0.15, 0.2) is 11.5 Å². The number of nitrogens with one attached hydrogen (secondary N) is 2. The van der Waals surface area contributed by atoms with Crippen LogP contribution in [0.1, 0.15) is 5.69 Å². The molecule has 7 nitrogen and oxygen atoms in total. The highest BCUT2D eigenvalue weighted by atomic mass is 16.5. The van der Waals surface area contributed by atoms with Crippen molar-refractivity contribution < 1.29 is 19.0 Å². The molecular weight excluding hydrogens is 370 g/mol. The minimum Gasteiger partial charge on any atom is -0.497 e. The smallest absolute Gasteiger partial charge is 0.323 e. The normalized spacial score (nSPS) is 10.2. The number of benzene rings is 2. The van der Waals surface area contributed by atoms with Crippen LogP contribution in [0.3, 0.4) is 0 Å². The van der Waals surface area contributed by atoms with Crippen LogP contribution in [0.5, 0.6) is 17.2 Å². The first-order valence-corrected chi connectivity index (χ1v) is 8.96. The lowest BCUT2D eigenvalue weighted by molar-refractivity contribution is 0.262. The first kappa shape index (κ1) is 20.0. The van der Waals surface area contributed by atoms with Crippen molar-refractivity contribution in [3.8, 4) is 28.5 Å². The molecule has 2 aromatic carbocycles. The summed E-state index contributed by atoms with van der Waals surface area (Å²) in [5, 5.41) is 5.60. The molecule has 2 N–H and O–H groups in total. The standard InChI is InChI=1S/C22H23N3O4/c1-14-18(25-22(26)24-16-6-5-7-17(13-16)27-2)9-10-19(23-14)15-8-11-20(28-3)21(12-15)29-4/h5-13H,1-4H3,(H2,24,25,26). The Bertz CT molecular complexity index is 1020. The van der Waals surface area contributed by atoms with Gasteiger partial charge in [0.25, 0.3) is 0 Å². The van der Waals surface area contributed by atoms with E-state index in [1.165, 1.54) is 0 Å². The molecule has 0 atom stereocenters. The van der Waals surface area contributed by atoms with Crippen LogP contribution in [0.4, 0.5) is 16.2 Å². The number of hydrogen-bond acceptors (Lipinski definition) is 5. The van der Waals surface area contributed by atoms with Crippen molar-refractivity contribution in [2.45, 2.75) is 6.92 Å². The van der Waals surface area contributed by atoms with Gasteiger partial charge in [0.1, 0.15) is 5.75 Å². The number of pyridine rings is 1. The molecule has 3 aromatic rings. The first-order chi connectivity index (χ1) is 14.0. The molecule has 0 aliphatic carbocycles. The molecule has 0 saturated carbocycles. The van der Waals surface area contributed by atoms with Crippen molar-refractivity contribution >= 4 is 17.4 Å². The Morgan fingerprint density at radius 3 is 2.34 bits per heavy atom. The number of carbonyl (C=O) groups excluding carboxylic acids is 1. The highest BCUT2D eigenvalue weighted by Crippen LogP contribution is 2.32. The third-order valence-corrected chi connectivity index (χ3v) is 4.34. The van der Waals surface area contributed by atoms with Crippen LogP contribution in [0, 0.1) is 6.92 Å². The Kier molecular flexibility index (Phi) is 6.19. The number of anilines is 2. The molecule has 0 fully saturated rings. The largest absolute Gasteiger partial charge is 0.497 e. The summed E-state index contributed by atoms with van der Waals surface area (Å²) in [4.78, 5) is 16.9. The summed E-state index contributed by atoms with van der Waals surface area (Å²) < 4.78 is 15.8. The number of nitrogens with zero attached hydrogens (tertiary/aromatic N) is 1. The highest BCUT2D eigenvalue weighted by molar-refractivity contribution is 6.00. The minimum atomic E-state index is -0.359. The zero-order chi connectivity index (χ0) is 20.8. The molecule has 0 aliphatic rings. The number of rotatable bonds is 6. The van der Waals surface area contributed by atoms with E-state index in [-0.39, 0.29) is 6.03 Å². The topological polar surface area (TPSA) is 81.7 Å². The fraction of sp³-hybridized carbons (Fsp3) is 0.182. The van der Waals surface area contributed by atoms with Gasteiger partial charge in [0.05, 0.1) is 38.4 Å². The Hall–Kier alpha value is -3.74. The van der Waals surface area contributed by atoms with E-state index >= 15 is 0 Å². The van der Waals surface area contributed by atoms with Crippen LogP contribution >= 0.6 is 0 Å². The maximum absolute atomic E-state index is 12.3. The van der Waals surface area contributed by atoms with E-state index in [2.05, 4.69) is 15.6 Å². The van der Waals surface area contributed by atoms with Gasteiger partial charge in [-0.1, -0.05) is 6.07 Å². The van der Waals surface area contributed by atoms with E-state index in [1.54, 1.807) is 39.5 Å². The molecule has 29 heavy (non-hydrogen) atoms. The number of urea groups is 1. The van der Waals surface area contributed by atoms with E-state index in [1.807, 2.05) is 43.3 Å². The summed E-state index contributed by atoms with van der Waals surface area (Å²) in [5.41, 5.74) is 3.60. The summed E-state index contributed by atoms with van der Waals surface area (Å²) in [7, 11) is 4.76. The lowest BCUT2D eigenvalue weighted by Crippen LogP contribution is -2.20. The van der Waals surface area contributed by atoms with Gasteiger partial charge in [0, 0.05) is 17.3 Å². The maximum atomic E-state index is 12.3. The second kappa shape index (κ2) is 8.97. The quantitative estimate of drug-likeness (QED) is 0.633. The number of carbonyl (C=O) groups is 1. The molecule has 0 bridgehead atoms. The van der Waals surface area contributed by atoms with E-state index < -0.39 is 0 Å². The summed E-state index contributed by atoms with van der Waals surface area (Å²) in [6.45, 7) is 1.84. The molecule has 3 rings (SSSR count). The lowest BCUT2D eigenvalue weighted by Gasteiger charge is -2.12. The van der Waals surface area contributed by atoms with Crippen molar-refractivity contribution in [3.05, 3.63) is 60.3 Å². The number of aromatic nitrogens is 1. The van der Waals surface area contributed by atoms with Gasteiger partial charge in [-0.25, -0.2) is 4.79 Å². The SMILES string of the molecule is COc1cccc(NC(=O)Nc2ccc(-c3ccc(OC)c(OC)c3)nc2C)c1. The Morgan fingerprint density at radius 1 is 0.862 bits per heavy atom. The number of amides is 2. The molecule has 0 spiro atoms. The van der Waals surface area contributed by atoms with Gasteiger partial charge >= 0.3 is 6.03 Å². The zero-order valence-electron chi connectivity index (χ0n) is 16.8. The number of methoxy groups -OCH3 is 3. The van der Waals surface area contributed by atoms with Gasteiger partial charge in [-0.05, 0) is 49.4 Å². The molecular formula is C22H23N3O4. The summed E-state index contributed by atoms with van der Waals surface area (Å²) >= 11 is 0. The van der Waals surface area contributed by atoms with Crippen LogP contribution < -0.4 is 24.8 Å². The average Bonchev–Trinajstić information content (AvgIpc) is 2.74. The molecule has 1 heterocycles. The molecule has 0 aliphatic heterocycles. The number of aryl methyl sites for hydroxylation is 1. The van der Waals surface area contributed by atoms with E-state index in [4.69, 9.17) is 14.2 Å². The van der Waals surface area contributed by atoms with E-state index in [9.17, 15) is 4.79 Å².